The van der Waals surface area contributed by atoms with E-state index in [-0.39, 0.29) is 24.7 Å². The normalized spacial score (nSPS) is 15.3. The number of anilines is 3. The number of carbonyl (C=O) groups is 1. The Bertz CT molecular complexity index is 1470. The van der Waals surface area contributed by atoms with Gasteiger partial charge < -0.3 is 24.6 Å². The van der Waals surface area contributed by atoms with Crippen LogP contribution in [0.2, 0.25) is 0 Å². The van der Waals surface area contributed by atoms with E-state index in [2.05, 4.69) is 74.2 Å². The maximum absolute atomic E-state index is 13.2. The number of carbonyl (C=O) groups excluding carboxylic acids is 1. The minimum atomic E-state index is -0.182. The molecule has 0 radical (unpaired) electrons. The van der Waals surface area contributed by atoms with Gasteiger partial charge in [0.25, 0.3) is 5.91 Å². The van der Waals surface area contributed by atoms with Gasteiger partial charge in [-0.15, -0.1) is 0 Å². The van der Waals surface area contributed by atoms with Crippen molar-refractivity contribution in [2.75, 3.05) is 43.1 Å². The predicted molar refractivity (Wildman–Crippen MR) is 170 cm³/mol. The number of piperidine rings is 1. The Kier molecular flexibility index (Phi) is 9.57. The number of nitrogens with one attached hydrogen (secondary N) is 1. The Labute approximate surface area is 248 Å². The number of aromatic nitrogens is 2. The van der Waals surface area contributed by atoms with Crippen LogP contribution in [0, 0.1) is 0 Å². The first kappa shape index (κ1) is 29.8. The van der Waals surface area contributed by atoms with Crippen LogP contribution in [0.4, 0.5) is 17.2 Å². The van der Waals surface area contributed by atoms with Crippen molar-refractivity contribution in [2.45, 2.75) is 51.7 Å². The van der Waals surface area contributed by atoms with Crippen molar-refractivity contribution in [3.8, 4) is 0 Å². The number of aliphatic hydroxyl groups excluding tert-OH is 1. The quantitative estimate of drug-likeness (QED) is 0.232. The average molecular weight is 570 g/mol. The van der Waals surface area contributed by atoms with Gasteiger partial charge in [0.15, 0.2) is 0 Å². The van der Waals surface area contributed by atoms with Crippen LogP contribution in [0.15, 0.2) is 73.1 Å². The number of pyridine rings is 1. The number of benzene rings is 2. The lowest BCUT2D eigenvalue weighted by Gasteiger charge is -2.35. The molecule has 8 heteroatoms. The molecule has 8 nitrogen and oxygen atoms in total. The zero-order chi connectivity index (χ0) is 29.6. The monoisotopic (exact) mass is 569 g/mol. The van der Waals surface area contributed by atoms with E-state index in [9.17, 15) is 9.90 Å². The Balaban J connectivity index is 1.28. The molecule has 3 heterocycles. The summed E-state index contributed by atoms with van der Waals surface area (Å²) in [6.07, 6.45) is 6.06. The third-order valence-electron chi connectivity index (χ3n) is 8.30. The van der Waals surface area contributed by atoms with Crippen LogP contribution in [-0.4, -0.2) is 70.5 Å². The minimum absolute atomic E-state index is 0.143. The number of likely N-dealkylation sites (tertiary alicyclic amines) is 1. The summed E-state index contributed by atoms with van der Waals surface area (Å²) in [5, 5.41) is 13.6. The van der Waals surface area contributed by atoms with E-state index in [0.29, 0.717) is 30.5 Å². The molecule has 1 amide bonds. The van der Waals surface area contributed by atoms with Gasteiger partial charge in [0.05, 0.1) is 19.3 Å². The molecule has 0 bridgehead atoms. The minimum Gasteiger partial charge on any atom is -0.395 e. The van der Waals surface area contributed by atoms with E-state index in [0.717, 1.165) is 37.3 Å². The lowest BCUT2D eigenvalue weighted by atomic mass is 9.88. The molecule has 2 N–H and O–H groups in total. The van der Waals surface area contributed by atoms with E-state index in [1.807, 2.05) is 45.2 Å². The third-order valence-corrected chi connectivity index (χ3v) is 8.30. The summed E-state index contributed by atoms with van der Waals surface area (Å²) >= 11 is 0. The van der Waals surface area contributed by atoms with Crippen molar-refractivity contribution in [1.82, 2.24) is 14.5 Å². The van der Waals surface area contributed by atoms with Crippen LogP contribution in [0.3, 0.4) is 0 Å². The number of aryl methyl sites for hydroxylation is 1. The molecular weight excluding hydrogens is 526 g/mol. The first-order chi connectivity index (χ1) is 20.3. The Morgan fingerprint density at radius 1 is 1.05 bits per heavy atom. The summed E-state index contributed by atoms with van der Waals surface area (Å²) in [5.41, 5.74) is 5.02. The number of hydrogen-bond donors (Lipinski definition) is 2. The first-order valence-corrected chi connectivity index (χ1v) is 15.0. The van der Waals surface area contributed by atoms with Crippen LogP contribution in [0.5, 0.6) is 0 Å². The molecule has 0 aliphatic carbocycles. The third kappa shape index (κ3) is 7.01. The van der Waals surface area contributed by atoms with E-state index in [1.54, 1.807) is 6.20 Å². The van der Waals surface area contributed by atoms with Crippen LogP contribution < -0.4 is 10.2 Å². The fourth-order valence-electron chi connectivity index (χ4n) is 5.76. The predicted octanol–water partition coefficient (Wildman–Crippen LogP) is 5.95. The fourth-order valence-corrected chi connectivity index (χ4v) is 5.76. The summed E-state index contributed by atoms with van der Waals surface area (Å²) in [6.45, 7) is 9.53. The van der Waals surface area contributed by atoms with E-state index in [1.165, 1.54) is 16.5 Å². The molecule has 1 unspecified atom stereocenters. The molecule has 1 fully saturated rings. The van der Waals surface area contributed by atoms with Gasteiger partial charge in [-0.2, -0.15) is 0 Å². The van der Waals surface area contributed by atoms with E-state index >= 15 is 0 Å². The van der Waals surface area contributed by atoms with Crippen LogP contribution in [-0.2, 0) is 11.8 Å². The maximum Gasteiger partial charge on any atom is 0.256 e. The highest BCUT2D eigenvalue weighted by molar-refractivity contribution is 6.04. The topological polar surface area (TPSA) is 82.9 Å². The molecule has 0 spiro atoms. The molecule has 1 atom stereocenters. The van der Waals surface area contributed by atoms with Crippen molar-refractivity contribution in [3.63, 3.8) is 0 Å². The van der Waals surface area contributed by atoms with Gasteiger partial charge in [-0.3, -0.25) is 9.69 Å². The Morgan fingerprint density at radius 3 is 2.50 bits per heavy atom. The zero-order valence-corrected chi connectivity index (χ0v) is 25.2. The molecule has 2 aromatic carbocycles. The first-order valence-electron chi connectivity index (χ1n) is 15.0. The smallest absolute Gasteiger partial charge is 0.256 e. The zero-order valence-electron chi connectivity index (χ0n) is 25.2. The second-order valence-corrected chi connectivity index (χ2v) is 11.6. The van der Waals surface area contributed by atoms with Gasteiger partial charge >= 0.3 is 0 Å². The van der Waals surface area contributed by atoms with Crippen molar-refractivity contribution < 1.29 is 14.6 Å². The highest BCUT2D eigenvalue weighted by Gasteiger charge is 2.23. The molecule has 0 saturated carbocycles. The van der Waals surface area contributed by atoms with Gasteiger partial charge in [0.1, 0.15) is 5.82 Å². The van der Waals surface area contributed by atoms with Gasteiger partial charge in [0.2, 0.25) is 0 Å². The van der Waals surface area contributed by atoms with Crippen molar-refractivity contribution >= 4 is 34.0 Å². The highest BCUT2D eigenvalue weighted by Crippen LogP contribution is 2.31. The van der Waals surface area contributed by atoms with Gasteiger partial charge in [-0.05, 0) is 101 Å². The van der Waals surface area contributed by atoms with Gasteiger partial charge in [-0.1, -0.05) is 12.1 Å². The molecule has 222 valence electrons. The fraction of sp³-hybridized carbons (Fsp3) is 0.412. The number of aliphatic hydroxyl groups is 1. The Morgan fingerprint density at radius 2 is 1.79 bits per heavy atom. The molecule has 1 aliphatic heterocycles. The molecule has 42 heavy (non-hydrogen) atoms. The standard InChI is InChI=1S/C34H43N5O3/c1-24(2)42-20-19-39(30-9-10-32-29(21-30)12-16-37(32)4)31-11-15-35-33(22-31)36-34(41)28-7-5-26(6-8-28)27-13-17-38(18-14-27)25(3)23-40/h5-12,15-16,21-22,24-25,27,40H,13-14,17-20,23H2,1-4H3,(H,35,36,41). The van der Waals surface area contributed by atoms with Gasteiger partial charge in [0, 0.05) is 65.9 Å². The summed E-state index contributed by atoms with van der Waals surface area (Å²) in [5.74, 6) is 0.795. The summed E-state index contributed by atoms with van der Waals surface area (Å²) < 4.78 is 8.00. The van der Waals surface area contributed by atoms with Crippen LogP contribution >= 0.6 is 0 Å². The number of amides is 1. The number of nitrogens with zero attached hydrogens (tertiary/aromatic N) is 4. The summed E-state index contributed by atoms with van der Waals surface area (Å²) in [7, 11) is 2.05. The summed E-state index contributed by atoms with van der Waals surface area (Å²) in [4.78, 5) is 22.2. The lowest BCUT2D eigenvalue weighted by Crippen LogP contribution is -2.41. The second kappa shape index (κ2) is 13.5. The van der Waals surface area contributed by atoms with Crippen molar-refractivity contribution in [1.29, 1.82) is 0 Å². The molecule has 4 aromatic rings. The van der Waals surface area contributed by atoms with Gasteiger partial charge in [-0.25, -0.2) is 4.98 Å². The number of fused-ring (bicyclic) bond motifs is 1. The summed E-state index contributed by atoms with van der Waals surface area (Å²) in [6, 6.07) is 20.6. The van der Waals surface area contributed by atoms with Crippen molar-refractivity contribution in [2.24, 2.45) is 7.05 Å². The number of rotatable bonds is 11. The number of ether oxygens (including phenoxy) is 1. The molecule has 1 saturated heterocycles. The average Bonchev–Trinajstić information content (AvgIpc) is 3.38. The van der Waals surface area contributed by atoms with Crippen molar-refractivity contribution in [3.05, 3.63) is 84.2 Å². The largest absolute Gasteiger partial charge is 0.395 e. The molecule has 5 rings (SSSR count). The molecular formula is C34H43N5O3. The highest BCUT2D eigenvalue weighted by atomic mass is 16.5. The van der Waals surface area contributed by atoms with Crippen LogP contribution in [0.1, 0.15) is 55.5 Å². The maximum atomic E-state index is 13.2. The molecule has 2 aromatic heterocycles. The van der Waals surface area contributed by atoms with E-state index in [4.69, 9.17) is 4.74 Å². The van der Waals surface area contributed by atoms with Crippen LogP contribution in [0.25, 0.3) is 10.9 Å². The number of hydrogen-bond acceptors (Lipinski definition) is 6. The molecule has 1 aliphatic rings. The lowest BCUT2D eigenvalue weighted by molar-refractivity contribution is 0.0851. The Hall–Kier alpha value is -3.72. The second-order valence-electron chi connectivity index (χ2n) is 11.6. The SMILES string of the molecule is CC(C)OCCN(c1ccnc(NC(=O)c2ccc(C3CCN(C(C)CO)CC3)cc2)c1)c1ccc2c(ccn2C)c1. The van der Waals surface area contributed by atoms with E-state index < -0.39 is 0 Å².